The molecule has 8 heavy (non-hydrogen) atoms. The van der Waals surface area contributed by atoms with E-state index in [1.54, 1.807) is 0 Å². The van der Waals surface area contributed by atoms with E-state index < -0.39 is 13.0 Å². The van der Waals surface area contributed by atoms with Crippen LogP contribution in [0, 0.1) is 0 Å². The molecule has 0 atom stereocenters. The molecule has 0 saturated carbocycles. The van der Waals surface area contributed by atoms with Crippen molar-refractivity contribution in [3.63, 3.8) is 0 Å². The standard InChI is InChI=1S/K.Mn.Na.H2O.4O/h;;;1H2;;;;/q+1;;+1;;;;;-1/p-1. The second kappa shape index (κ2) is 9.48. The molecule has 5 nitrogen and oxygen atoms in total. The average Bonchev–Trinajstić information content (AvgIpc) is 0.722. The predicted molar refractivity (Wildman–Crippen MR) is 4.00 cm³/mol. The van der Waals surface area contributed by atoms with Crippen molar-refractivity contribution in [2.45, 2.75) is 0 Å². The van der Waals surface area contributed by atoms with Crippen molar-refractivity contribution in [3.05, 3.63) is 0 Å². The Morgan fingerprint density at radius 3 is 1.12 bits per heavy atom. The van der Waals surface area contributed by atoms with E-state index in [1.165, 1.54) is 0 Å². The summed E-state index contributed by atoms with van der Waals surface area (Å²) in [5.74, 6) is 0. The fourth-order valence-electron chi connectivity index (χ4n) is 0. The first kappa shape index (κ1) is 22.4. The Hall–Kier alpha value is 2.48. The zero-order valence-electron chi connectivity index (χ0n) is 4.46. The second-order valence-electron chi connectivity index (χ2n) is 0.378. The molecule has 0 aliphatic heterocycles. The van der Waals surface area contributed by atoms with Gasteiger partial charge in [0.2, 0.25) is 0 Å². The van der Waals surface area contributed by atoms with Crippen molar-refractivity contribution in [1.82, 2.24) is 0 Å². The van der Waals surface area contributed by atoms with Crippen LogP contribution < -0.4 is 85.1 Å². The molecule has 0 amide bonds. The Labute approximate surface area is 112 Å². The van der Waals surface area contributed by atoms with Gasteiger partial charge in [0.25, 0.3) is 0 Å². The maximum atomic E-state index is 8.58. The van der Waals surface area contributed by atoms with E-state index in [9.17, 15) is 0 Å². The normalized spacial score (nSPS) is 7.12. The van der Waals surface area contributed by atoms with Crippen molar-refractivity contribution >= 4 is 0 Å². The zero-order chi connectivity index (χ0) is 4.50. The third kappa shape index (κ3) is 77.3. The van der Waals surface area contributed by atoms with Crippen LogP contribution in [0.25, 0.3) is 0 Å². The molecular formula is HKMnNaO5. The minimum absolute atomic E-state index is 0. The van der Waals surface area contributed by atoms with Gasteiger partial charge >= 0.3 is 110 Å². The van der Waals surface area contributed by atoms with E-state index in [4.69, 9.17) is 15.7 Å². The van der Waals surface area contributed by atoms with Crippen LogP contribution in [-0.4, -0.2) is 5.48 Å². The molecule has 1 N–H and O–H groups in total. The molecule has 0 aromatic rings. The fraction of sp³-hybridized carbons (Fsp3) is 0. The molecular weight excluding hydrogens is 197 g/mol. The SMILES string of the molecule is [K+].[Na+].[OH-].[O]=[Mn](=[O])(=[O])[O-]. The van der Waals surface area contributed by atoms with Gasteiger partial charge in [0.05, 0.1) is 0 Å². The summed E-state index contributed by atoms with van der Waals surface area (Å²) >= 11 is -5.62. The molecule has 40 valence electrons. The molecule has 0 unspecified atom stereocenters. The van der Waals surface area contributed by atoms with Crippen molar-refractivity contribution in [2.24, 2.45) is 0 Å². The van der Waals surface area contributed by atoms with Gasteiger partial charge in [0.1, 0.15) is 0 Å². The maximum absolute atomic E-state index is 8.58. The molecule has 0 radical (unpaired) electrons. The van der Waals surface area contributed by atoms with Crippen LogP contribution in [0.1, 0.15) is 0 Å². The summed E-state index contributed by atoms with van der Waals surface area (Å²) in [6, 6.07) is 0. The molecule has 0 aliphatic rings. The summed E-state index contributed by atoms with van der Waals surface area (Å²) in [4.78, 5) is 0. The van der Waals surface area contributed by atoms with Crippen molar-refractivity contribution in [3.8, 4) is 0 Å². The molecule has 0 rings (SSSR count). The van der Waals surface area contributed by atoms with E-state index in [0.29, 0.717) is 0 Å². The average molecular weight is 198 g/mol. The summed E-state index contributed by atoms with van der Waals surface area (Å²) in [6.07, 6.45) is 0. The Morgan fingerprint density at radius 2 is 1.12 bits per heavy atom. The van der Waals surface area contributed by atoms with Gasteiger partial charge < -0.3 is 5.48 Å². The fourth-order valence-corrected chi connectivity index (χ4v) is 0. The van der Waals surface area contributed by atoms with Crippen LogP contribution >= 0.6 is 0 Å². The third-order valence-electron chi connectivity index (χ3n) is 0. The first-order chi connectivity index (χ1) is 2.00. The molecule has 0 aromatic carbocycles. The van der Waals surface area contributed by atoms with Gasteiger partial charge in [-0.15, -0.1) is 0 Å². The van der Waals surface area contributed by atoms with Gasteiger partial charge in [0.15, 0.2) is 0 Å². The van der Waals surface area contributed by atoms with Crippen LogP contribution in [0.15, 0.2) is 0 Å². The quantitative estimate of drug-likeness (QED) is 0.359. The monoisotopic (exact) mass is 198 g/mol. The topological polar surface area (TPSA) is 104 Å². The van der Waals surface area contributed by atoms with Crippen LogP contribution in [0.4, 0.5) is 0 Å². The molecule has 0 aromatic heterocycles. The minimum atomic E-state index is -5.62. The Kier molecular flexibility index (Phi) is 26.6. The molecule has 0 spiro atoms. The van der Waals surface area contributed by atoms with Gasteiger partial charge in [-0.2, -0.15) is 0 Å². The van der Waals surface area contributed by atoms with Crippen LogP contribution in [-0.2, 0) is 24.5 Å². The van der Waals surface area contributed by atoms with Crippen molar-refractivity contribution in [2.75, 3.05) is 0 Å². The number of rotatable bonds is 0. The predicted octanol–water partition coefficient (Wildman–Crippen LogP) is -7.72. The number of hydrogen-bond acceptors (Lipinski definition) is 5. The molecule has 0 bridgehead atoms. The molecule has 0 aliphatic carbocycles. The van der Waals surface area contributed by atoms with E-state index in [1.807, 2.05) is 0 Å². The molecule has 8 heteroatoms. The third-order valence-corrected chi connectivity index (χ3v) is 0. The molecule has 0 heterocycles. The van der Waals surface area contributed by atoms with Gasteiger partial charge in [-0.05, 0) is 0 Å². The first-order valence-electron chi connectivity index (χ1n) is 0.617. The van der Waals surface area contributed by atoms with Gasteiger partial charge in [-0.25, -0.2) is 0 Å². The van der Waals surface area contributed by atoms with Gasteiger partial charge in [-0.1, -0.05) is 0 Å². The number of hydrogen-bond donors (Lipinski definition) is 0. The van der Waals surface area contributed by atoms with E-state index >= 15 is 0 Å². The summed E-state index contributed by atoms with van der Waals surface area (Å²) in [7, 11) is 0. The first-order valence-corrected chi connectivity index (χ1v) is 2.54. The zero-order valence-corrected chi connectivity index (χ0v) is 10.8. The summed E-state index contributed by atoms with van der Waals surface area (Å²) in [5.41, 5.74) is 0. The Morgan fingerprint density at radius 1 is 1.12 bits per heavy atom. The summed E-state index contributed by atoms with van der Waals surface area (Å²) < 4.78 is 34.3. The Bertz CT molecular complexity index is 134. The van der Waals surface area contributed by atoms with Crippen molar-refractivity contribution < 1.29 is 115 Å². The van der Waals surface area contributed by atoms with Crippen LogP contribution in [0.5, 0.6) is 0 Å². The van der Waals surface area contributed by atoms with E-state index in [0.717, 1.165) is 0 Å². The Balaban J connectivity index is -0.0000000267. The van der Waals surface area contributed by atoms with E-state index in [2.05, 4.69) is 0 Å². The van der Waals surface area contributed by atoms with Crippen molar-refractivity contribution in [1.29, 1.82) is 0 Å². The summed E-state index contributed by atoms with van der Waals surface area (Å²) in [5, 5.41) is 0. The second-order valence-corrected chi connectivity index (χ2v) is 1.56. The van der Waals surface area contributed by atoms with Gasteiger partial charge in [-0.3, -0.25) is 0 Å². The summed E-state index contributed by atoms with van der Waals surface area (Å²) in [6.45, 7) is 0. The van der Waals surface area contributed by atoms with Gasteiger partial charge in [0, 0.05) is 0 Å². The van der Waals surface area contributed by atoms with Crippen LogP contribution in [0.3, 0.4) is 0 Å². The molecule has 0 fully saturated rings. The molecule has 0 saturated heterocycles. The van der Waals surface area contributed by atoms with E-state index in [-0.39, 0.29) is 86.4 Å². The van der Waals surface area contributed by atoms with Crippen LogP contribution in [0.2, 0.25) is 0 Å².